The molecule has 3 heterocycles. The normalized spacial score (nSPS) is 10.8. The maximum absolute atomic E-state index is 12.3. The van der Waals surface area contributed by atoms with E-state index < -0.39 is 0 Å². The van der Waals surface area contributed by atoms with Gasteiger partial charge in [-0.25, -0.2) is 15.0 Å². The first kappa shape index (κ1) is 28.0. The van der Waals surface area contributed by atoms with Crippen LogP contribution >= 0.6 is 0 Å². The minimum Gasteiger partial charge on any atom is -0.494 e. The van der Waals surface area contributed by atoms with Crippen LogP contribution in [0.2, 0.25) is 0 Å². The molecule has 4 N–H and O–H groups in total. The minimum atomic E-state index is -0.332. The lowest BCUT2D eigenvalue weighted by molar-refractivity contribution is -0.111. The Kier molecular flexibility index (Phi) is 8.60. The largest absolute Gasteiger partial charge is 0.494 e. The number of aromatic nitrogens is 4. The van der Waals surface area contributed by atoms with Crippen LogP contribution in [0.15, 0.2) is 55.5 Å². The van der Waals surface area contributed by atoms with E-state index in [4.69, 9.17) is 9.72 Å². The predicted octanol–water partition coefficient (Wildman–Crippen LogP) is 3.25. The van der Waals surface area contributed by atoms with Gasteiger partial charge in [0.05, 0.1) is 35.4 Å². The molecule has 0 saturated heterocycles. The van der Waals surface area contributed by atoms with Crippen molar-refractivity contribution in [1.29, 1.82) is 0 Å². The van der Waals surface area contributed by atoms with Gasteiger partial charge >= 0.3 is 0 Å². The van der Waals surface area contributed by atoms with E-state index in [-0.39, 0.29) is 11.8 Å². The van der Waals surface area contributed by atoms with Gasteiger partial charge in [-0.3, -0.25) is 9.59 Å². The Morgan fingerprint density at radius 1 is 1.10 bits per heavy atom. The van der Waals surface area contributed by atoms with Crippen LogP contribution in [0.4, 0.5) is 23.0 Å². The van der Waals surface area contributed by atoms with Gasteiger partial charge in [-0.1, -0.05) is 6.58 Å². The van der Waals surface area contributed by atoms with E-state index in [1.54, 1.807) is 44.9 Å². The van der Waals surface area contributed by atoms with E-state index in [0.717, 1.165) is 29.7 Å². The molecule has 0 fully saturated rings. The van der Waals surface area contributed by atoms with Gasteiger partial charge in [0.25, 0.3) is 5.91 Å². The van der Waals surface area contributed by atoms with E-state index in [0.29, 0.717) is 40.0 Å². The zero-order valence-corrected chi connectivity index (χ0v) is 23.2. The second-order valence-corrected chi connectivity index (χ2v) is 9.24. The maximum Gasteiger partial charge on any atom is 0.271 e. The Bertz CT molecular complexity index is 1550. The number of anilines is 4. The molecule has 0 atom stereocenters. The quantitative estimate of drug-likeness (QED) is 0.210. The fourth-order valence-corrected chi connectivity index (χ4v) is 4.15. The third-order valence-electron chi connectivity index (χ3n) is 6.28. The second-order valence-electron chi connectivity index (χ2n) is 9.24. The number of likely N-dealkylation sites (N-methyl/N-ethyl adjacent to an activating group) is 2. The van der Waals surface area contributed by atoms with Crippen molar-refractivity contribution in [2.45, 2.75) is 0 Å². The van der Waals surface area contributed by atoms with E-state index in [1.165, 1.54) is 6.08 Å². The van der Waals surface area contributed by atoms with E-state index >= 15 is 0 Å². The number of nitrogens with zero attached hydrogens (tertiary/aromatic N) is 5. The fraction of sp³-hybridized carbons (Fsp3) is 0.250. The van der Waals surface area contributed by atoms with Crippen LogP contribution in [0.25, 0.3) is 22.2 Å². The third kappa shape index (κ3) is 6.02. The molecular formula is C28H33N9O3. The number of H-pyrrole nitrogens is 1. The van der Waals surface area contributed by atoms with Crippen molar-refractivity contribution in [3.8, 4) is 17.0 Å². The lowest BCUT2D eigenvalue weighted by Crippen LogP contribution is -2.29. The number of hydrogen-bond acceptors (Lipinski definition) is 9. The summed E-state index contributed by atoms with van der Waals surface area (Å²) in [7, 11) is 9.10. The van der Waals surface area contributed by atoms with Crippen molar-refractivity contribution >= 4 is 45.7 Å². The van der Waals surface area contributed by atoms with Crippen molar-refractivity contribution in [3.05, 3.63) is 61.2 Å². The molecule has 0 unspecified atom stereocenters. The van der Waals surface area contributed by atoms with Crippen molar-refractivity contribution in [3.63, 3.8) is 0 Å². The summed E-state index contributed by atoms with van der Waals surface area (Å²) in [6.07, 6.45) is 6.23. The average Bonchev–Trinajstić information content (AvgIpc) is 3.40. The van der Waals surface area contributed by atoms with Crippen LogP contribution in [0.3, 0.4) is 0 Å². The van der Waals surface area contributed by atoms with Gasteiger partial charge in [0.1, 0.15) is 5.75 Å². The number of carbonyl (C=O) groups excluding carboxylic acids is 2. The fourth-order valence-electron chi connectivity index (χ4n) is 4.15. The van der Waals surface area contributed by atoms with E-state index in [1.807, 2.05) is 38.2 Å². The molecule has 2 amide bonds. The van der Waals surface area contributed by atoms with Crippen LogP contribution in [0.5, 0.6) is 5.75 Å². The average molecular weight is 544 g/mol. The highest BCUT2D eigenvalue weighted by atomic mass is 16.5. The highest BCUT2D eigenvalue weighted by molar-refractivity contribution is 6.07. The number of pyridine rings is 1. The highest BCUT2D eigenvalue weighted by Crippen LogP contribution is 2.38. The molecule has 1 aromatic carbocycles. The predicted molar refractivity (Wildman–Crippen MR) is 157 cm³/mol. The summed E-state index contributed by atoms with van der Waals surface area (Å²) in [6.45, 7) is 5.12. The topological polar surface area (TPSA) is 140 Å². The number of nitrogens with one attached hydrogen (secondary N) is 4. The van der Waals surface area contributed by atoms with Crippen molar-refractivity contribution in [2.24, 2.45) is 0 Å². The molecule has 0 aliphatic heterocycles. The molecule has 0 aliphatic rings. The Morgan fingerprint density at radius 3 is 2.58 bits per heavy atom. The molecule has 3 aromatic heterocycles. The number of amides is 2. The molecule has 40 heavy (non-hydrogen) atoms. The van der Waals surface area contributed by atoms with Gasteiger partial charge < -0.3 is 35.5 Å². The molecule has 4 rings (SSSR count). The van der Waals surface area contributed by atoms with Gasteiger partial charge in [0.15, 0.2) is 5.69 Å². The summed E-state index contributed by atoms with van der Waals surface area (Å²) < 4.78 is 5.69. The van der Waals surface area contributed by atoms with Crippen LogP contribution in [0, 0.1) is 0 Å². The first-order valence-electron chi connectivity index (χ1n) is 12.6. The molecule has 12 nitrogen and oxygen atoms in total. The Balaban J connectivity index is 1.71. The zero-order valence-electron chi connectivity index (χ0n) is 23.2. The Hall–Kier alpha value is -4.97. The summed E-state index contributed by atoms with van der Waals surface area (Å²) in [5.41, 5.74) is 4.27. The van der Waals surface area contributed by atoms with Crippen LogP contribution in [-0.4, -0.2) is 85.0 Å². The van der Waals surface area contributed by atoms with E-state index in [2.05, 4.69) is 42.4 Å². The third-order valence-corrected chi connectivity index (χ3v) is 6.28. The second kappa shape index (κ2) is 12.3. The van der Waals surface area contributed by atoms with Crippen molar-refractivity contribution in [2.75, 3.05) is 63.9 Å². The van der Waals surface area contributed by atoms with Crippen LogP contribution in [-0.2, 0) is 4.79 Å². The molecule has 208 valence electrons. The molecular weight excluding hydrogens is 510 g/mol. The highest BCUT2D eigenvalue weighted by Gasteiger charge is 2.18. The van der Waals surface area contributed by atoms with Gasteiger partial charge in [0.2, 0.25) is 11.9 Å². The number of methoxy groups -OCH3 is 1. The van der Waals surface area contributed by atoms with Crippen LogP contribution in [0.1, 0.15) is 10.5 Å². The summed E-state index contributed by atoms with van der Waals surface area (Å²) in [5.74, 6) is 0.249. The molecule has 0 saturated carbocycles. The summed E-state index contributed by atoms with van der Waals surface area (Å²) in [4.78, 5) is 45.1. The monoisotopic (exact) mass is 543 g/mol. The van der Waals surface area contributed by atoms with Gasteiger partial charge in [-0.05, 0) is 38.4 Å². The molecule has 0 radical (unpaired) electrons. The summed E-state index contributed by atoms with van der Waals surface area (Å²) >= 11 is 0. The van der Waals surface area contributed by atoms with E-state index in [9.17, 15) is 9.59 Å². The summed E-state index contributed by atoms with van der Waals surface area (Å²) in [6, 6.07) is 7.24. The molecule has 0 bridgehead atoms. The number of hydrogen-bond donors (Lipinski definition) is 4. The maximum atomic E-state index is 12.3. The summed E-state index contributed by atoms with van der Waals surface area (Å²) in [5, 5.41) is 9.52. The number of carbonyl (C=O) groups is 2. The number of benzene rings is 1. The first-order valence-corrected chi connectivity index (χ1v) is 12.6. The van der Waals surface area contributed by atoms with Crippen LogP contribution < -0.4 is 25.6 Å². The lowest BCUT2D eigenvalue weighted by atomic mass is 10.1. The number of aromatic amines is 1. The van der Waals surface area contributed by atoms with Crippen molar-refractivity contribution in [1.82, 2.24) is 30.2 Å². The molecule has 4 aromatic rings. The smallest absolute Gasteiger partial charge is 0.271 e. The van der Waals surface area contributed by atoms with Gasteiger partial charge in [0, 0.05) is 62.8 Å². The number of fused-ring (bicyclic) bond motifs is 1. The minimum absolute atomic E-state index is 0.286. The Labute approximate surface area is 232 Å². The molecule has 12 heteroatoms. The zero-order chi connectivity index (χ0) is 28.8. The van der Waals surface area contributed by atoms with Gasteiger partial charge in [-0.2, -0.15) is 0 Å². The lowest BCUT2D eigenvalue weighted by Gasteiger charge is -2.26. The number of ether oxygens (including phenoxy) is 1. The number of rotatable bonds is 11. The standard InChI is InChI=1S/C28H33N9O3/c1-7-24(38)33-20-14-21(23(40-6)15-22(20)37(5)13-12-36(3)4)35-28-31-11-9-19(34-28)18-16-32-25-17(18)8-10-30-26(25)27(39)29-2/h7-11,14-16,32H,1,12-13H2,2-6H3,(H,29,39)(H,33,38)(H,31,34,35). The van der Waals surface area contributed by atoms with Crippen molar-refractivity contribution < 1.29 is 14.3 Å². The Morgan fingerprint density at radius 2 is 1.88 bits per heavy atom. The molecule has 0 spiro atoms. The van der Waals surface area contributed by atoms with Gasteiger partial charge in [-0.15, -0.1) is 0 Å². The molecule has 0 aliphatic carbocycles. The SMILES string of the molecule is C=CC(=O)Nc1cc(Nc2nccc(-c3c[nH]c4c(C(=O)NC)nccc34)n2)c(OC)cc1N(C)CCN(C)C. The first-order chi connectivity index (χ1) is 19.2.